The van der Waals surface area contributed by atoms with Crippen LogP contribution >= 0.6 is 22.6 Å². The van der Waals surface area contributed by atoms with E-state index in [4.69, 9.17) is 0 Å². The summed E-state index contributed by atoms with van der Waals surface area (Å²) in [6.07, 6.45) is 5.24. The van der Waals surface area contributed by atoms with Gasteiger partial charge >= 0.3 is 0 Å². The van der Waals surface area contributed by atoms with Gasteiger partial charge in [0, 0.05) is 8.99 Å². The number of hydrogen-bond donors (Lipinski definition) is 1. The predicted molar refractivity (Wildman–Crippen MR) is 97.4 cm³/mol. The van der Waals surface area contributed by atoms with Crippen molar-refractivity contribution in [3.8, 4) is 0 Å². The molecule has 0 bridgehead atoms. The quantitative estimate of drug-likeness (QED) is 0.549. The van der Waals surface area contributed by atoms with Gasteiger partial charge in [-0.1, -0.05) is 32.0 Å². The molecule has 4 atom stereocenters. The van der Waals surface area contributed by atoms with Crippen molar-refractivity contribution >= 4 is 34.5 Å². The minimum Gasteiger partial charge on any atom is -0.393 e. The van der Waals surface area contributed by atoms with Crippen molar-refractivity contribution in [1.82, 2.24) is 0 Å². The highest BCUT2D eigenvalue weighted by atomic mass is 127. The Morgan fingerprint density at radius 1 is 1.32 bits per heavy atom. The summed E-state index contributed by atoms with van der Waals surface area (Å²) >= 11 is 2.32. The zero-order valence-corrected chi connectivity index (χ0v) is 15.3. The highest BCUT2D eigenvalue weighted by Crippen LogP contribution is 2.52. The zero-order chi connectivity index (χ0) is 15.9. The number of halogens is 1. The molecule has 1 N–H and O–H groups in total. The monoisotopic (exact) mass is 410 g/mol. The molecule has 0 radical (unpaired) electrons. The number of fused-ring (bicyclic) bond motifs is 1. The first kappa shape index (κ1) is 16.2. The molecule has 0 amide bonds. The molecule has 1 aromatic carbocycles. The van der Waals surface area contributed by atoms with Crippen LogP contribution in [0.3, 0.4) is 0 Å². The van der Waals surface area contributed by atoms with Crippen LogP contribution in [0, 0.1) is 20.8 Å². The number of benzene rings is 1. The van der Waals surface area contributed by atoms with Crippen molar-refractivity contribution in [3.05, 3.63) is 39.0 Å². The smallest absolute Gasteiger partial charge is 0.165 e. The van der Waals surface area contributed by atoms with Gasteiger partial charge in [0.25, 0.3) is 0 Å². The Hall–Kier alpha value is -0.680. The van der Waals surface area contributed by atoms with Gasteiger partial charge in [0.2, 0.25) is 0 Å². The third-order valence-corrected chi connectivity index (χ3v) is 6.77. The molecule has 2 fully saturated rings. The Kier molecular flexibility index (Phi) is 4.47. The van der Waals surface area contributed by atoms with Crippen LogP contribution in [0.15, 0.2) is 29.8 Å². The van der Waals surface area contributed by atoms with Crippen LogP contribution in [-0.4, -0.2) is 17.0 Å². The van der Waals surface area contributed by atoms with Crippen LogP contribution in [0.5, 0.6) is 0 Å². The Morgan fingerprint density at radius 2 is 2.05 bits per heavy atom. The maximum atomic E-state index is 13.1. The summed E-state index contributed by atoms with van der Waals surface area (Å²) in [6.45, 7) is 4.22. The first-order chi connectivity index (χ1) is 10.4. The molecular weight excluding hydrogens is 387 g/mol. The SMILES string of the molecule is C[C@@H]1C(O)CC[C@]2(C)C(=O)/C(=C/c3ccccc3I)CCC12. The van der Waals surface area contributed by atoms with Crippen LogP contribution < -0.4 is 0 Å². The Labute approximate surface area is 146 Å². The van der Waals surface area contributed by atoms with E-state index in [9.17, 15) is 9.90 Å². The van der Waals surface area contributed by atoms with Gasteiger partial charge in [0.05, 0.1) is 6.10 Å². The van der Waals surface area contributed by atoms with Crippen molar-refractivity contribution < 1.29 is 9.90 Å². The largest absolute Gasteiger partial charge is 0.393 e. The van der Waals surface area contributed by atoms with Gasteiger partial charge < -0.3 is 5.11 Å². The topological polar surface area (TPSA) is 37.3 Å². The van der Waals surface area contributed by atoms with E-state index in [2.05, 4.69) is 54.6 Å². The molecule has 22 heavy (non-hydrogen) atoms. The second-order valence-corrected chi connectivity index (χ2v) is 8.21. The molecular formula is C19H23IO2. The van der Waals surface area contributed by atoms with Gasteiger partial charge in [0.1, 0.15) is 0 Å². The Balaban J connectivity index is 1.93. The van der Waals surface area contributed by atoms with Gasteiger partial charge in [-0.2, -0.15) is 0 Å². The minimum absolute atomic E-state index is 0.223. The minimum atomic E-state index is -0.289. The maximum absolute atomic E-state index is 13.1. The molecule has 2 aliphatic rings. The lowest BCUT2D eigenvalue weighted by Crippen LogP contribution is -2.50. The number of aliphatic hydroxyl groups excluding tert-OH is 1. The second-order valence-electron chi connectivity index (χ2n) is 7.05. The molecule has 2 aliphatic carbocycles. The van der Waals surface area contributed by atoms with E-state index in [1.165, 1.54) is 3.57 Å². The van der Waals surface area contributed by atoms with Crippen molar-refractivity contribution in [2.75, 3.05) is 0 Å². The molecule has 2 saturated carbocycles. The van der Waals surface area contributed by atoms with Gasteiger partial charge in [-0.3, -0.25) is 4.79 Å². The predicted octanol–water partition coefficient (Wildman–Crippen LogP) is 4.45. The van der Waals surface area contributed by atoms with Gasteiger partial charge in [-0.15, -0.1) is 0 Å². The fourth-order valence-corrected chi connectivity index (χ4v) is 4.86. The number of Topliss-reactive ketones (excluding diaryl/α,β-unsaturated/α-hetero) is 1. The standard InChI is InChI=1S/C19H23IO2/c1-12-15-8-7-14(11-13-5-3-4-6-16(13)20)18(22)19(15,2)10-9-17(12)21/h3-6,11-12,15,17,21H,7-10H2,1-2H3/b14-11+/t12-,15?,17?,19-/m0/s1. The van der Waals surface area contributed by atoms with Crippen LogP contribution in [0.1, 0.15) is 45.1 Å². The van der Waals surface area contributed by atoms with E-state index in [1.54, 1.807) is 0 Å². The van der Waals surface area contributed by atoms with Crippen molar-refractivity contribution in [3.63, 3.8) is 0 Å². The zero-order valence-electron chi connectivity index (χ0n) is 13.2. The normalized spacial score (nSPS) is 37.2. The van der Waals surface area contributed by atoms with Crippen molar-refractivity contribution in [2.45, 2.75) is 45.6 Å². The molecule has 0 heterocycles. The van der Waals surface area contributed by atoms with Crippen molar-refractivity contribution in [1.29, 1.82) is 0 Å². The lowest BCUT2D eigenvalue weighted by atomic mass is 9.55. The molecule has 0 aliphatic heterocycles. The van der Waals surface area contributed by atoms with Crippen LogP contribution in [0.2, 0.25) is 0 Å². The first-order valence-electron chi connectivity index (χ1n) is 8.11. The van der Waals surface area contributed by atoms with Crippen LogP contribution in [0.25, 0.3) is 6.08 Å². The van der Waals surface area contributed by atoms with E-state index in [0.717, 1.165) is 36.8 Å². The summed E-state index contributed by atoms with van der Waals surface area (Å²) in [5, 5.41) is 10.1. The number of rotatable bonds is 1. The summed E-state index contributed by atoms with van der Waals surface area (Å²) in [4.78, 5) is 13.1. The molecule has 0 spiro atoms. The number of hydrogen-bond acceptors (Lipinski definition) is 2. The first-order valence-corrected chi connectivity index (χ1v) is 9.19. The van der Waals surface area contributed by atoms with Crippen LogP contribution in [-0.2, 0) is 4.79 Å². The summed E-state index contributed by atoms with van der Waals surface area (Å²) in [5.74, 6) is 0.846. The third kappa shape index (κ3) is 2.67. The molecule has 3 rings (SSSR count). The lowest BCUT2D eigenvalue weighted by Gasteiger charge is -2.49. The average molecular weight is 410 g/mol. The van der Waals surface area contributed by atoms with Gasteiger partial charge in [0.15, 0.2) is 5.78 Å². The van der Waals surface area contributed by atoms with Crippen LogP contribution in [0.4, 0.5) is 0 Å². The molecule has 0 aromatic heterocycles. The highest BCUT2D eigenvalue weighted by Gasteiger charge is 2.51. The fourth-order valence-electron chi connectivity index (χ4n) is 4.32. The number of aliphatic hydroxyl groups is 1. The maximum Gasteiger partial charge on any atom is 0.165 e. The van der Waals surface area contributed by atoms with E-state index >= 15 is 0 Å². The molecule has 2 unspecified atom stereocenters. The summed E-state index contributed by atoms with van der Waals surface area (Å²) in [7, 11) is 0. The van der Waals surface area contributed by atoms with Gasteiger partial charge in [-0.25, -0.2) is 0 Å². The number of carbonyl (C=O) groups is 1. The molecule has 3 heteroatoms. The van der Waals surface area contributed by atoms with Crippen molar-refractivity contribution in [2.24, 2.45) is 17.3 Å². The molecule has 0 saturated heterocycles. The highest BCUT2D eigenvalue weighted by molar-refractivity contribution is 14.1. The Morgan fingerprint density at radius 3 is 2.77 bits per heavy atom. The van der Waals surface area contributed by atoms with E-state index in [1.807, 2.05) is 12.1 Å². The van der Waals surface area contributed by atoms with E-state index < -0.39 is 0 Å². The summed E-state index contributed by atoms with van der Waals surface area (Å²) < 4.78 is 1.18. The van der Waals surface area contributed by atoms with E-state index in [0.29, 0.717) is 11.7 Å². The Bertz CT molecular complexity index is 622. The average Bonchev–Trinajstić information content (AvgIpc) is 2.50. The molecule has 2 nitrogen and oxygen atoms in total. The molecule has 1 aromatic rings. The van der Waals surface area contributed by atoms with Gasteiger partial charge in [-0.05, 0) is 83.4 Å². The number of ketones is 1. The lowest BCUT2D eigenvalue weighted by molar-refractivity contribution is -0.137. The second kappa shape index (κ2) is 6.08. The number of carbonyl (C=O) groups excluding carboxylic acids is 1. The number of allylic oxidation sites excluding steroid dienone is 1. The molecule has 118 valence electrons. The summed E-state index contributed by atoms with van der Waals surface area (Å²) in [5.41, 5.74) is 1.81. The fraction of sp³-hybridized carbons (Fsp3) is 0.526. The third-order valence-electron chi connectivity index (χ3n) is 5.79. The van der Waals surface area contributed by atoms with E-state index in [-0.39, 0.29) is 17.4 Å². The summed E-state index contributed by atoms with van der Waals surface area (Å²) in [6, 6.07) is 8.19.